The Bertz CT molecular complexity index is 6600. The number of rotatable bonds is 17. The molecule has 0 N–H and O–H groups in total. The third kappa shape index (κ3) is 19.4. The van der Waals surface area contributed by atoms with Crippen molar-refractivity contribution in [2.75, 3.05) is 0 Å². The number of hydrogen-bond acceptors (Lipinski definition) is 0. The van der Waals surface area contributed by atoms with Gasteiger partial charge in [0.2, 0.25) is 22.8 Å². The second kappa shape index (κ2) is 39.4. The number of hydrogen-bond donors (Lipinski definition) is 0. The van der Waals surface area contributed by atoms with Gasteiger partial charge in [-0.25, -0.2) is 18.3 Å². The van der Waals surface area contributed by atoms with Crippen LogP contribution in [0.25, 0.3) is 133 Å². The summed E-state index contributed by atoms with van der Waals surface area (Å²) >= 11 is 0. The molecule has 4 nitrogen and oxygen atoms in total. The van der Waals surface area contributed by atoms with Gasteiger partial charge in [-0.3, -0.25) is 0 Å². The molecule has 0 radical (unpaired) electrons. The van der Waals surface area contributed by atoms with Crippen molar-refractivity contribution in [3.63, 3.8) is 0 Å². The zero-order valence-corrected chi connectivity index (χ0v) is 90.0. The number of benzene rings is 12. The van der Waals surface area contributed by atoms with Crippen molar-refractivity contribution in [3.05, 3.63) is 338 Å². The van der Waals surface area contributed by atoms with Crippen LogP contribution in [0.3, 0.4) is 0 Å². The lowest BCUT2D eigenvalue weighted by Crippen LogP contribution is -2.58. The predicted octanol–water partition coefficient (Wildman–Crippen LogP) is 31.2. The minimum absolute atomic E-state index is 0.269. The van der Waals surface area contributed by atoms with E-state index in [-0.39, 0.29) is 10.1 Å². The van der Waals surface area contributed by atoms with E-state index in [0.717, 1.165) is 0 Å². The zero-order valence-electron chi connectivity index (χ0n) is 86.0. The van der Waals surface area contributed by atoms with Crippen LogP contribution in [0.4, 0.5) is 0 Å². The first-order chi connectivity index (χ1) is 62.3. The van der Waals surface area contributed by atoms with E-state index in [0.29, 0.717) is 26.7 Å². The minimum atomic E-state index is -1.82. The number of aryl methyl sites for hydroxylation is 8. The fraction of sp³-hybridized carbons (Fsp3) is 0.323. The van der Waals surface area contributed by atoms with E-state index in [4.69, 9.17) is 0 Å². The molecule has 8 heteroatoms. The van der Waals surface area contributed by atoms with Gasteiger partial charge in [-0.2, -0.15) is 0 Å². The first-order valence-electron chi connectivity index (χ1n) is 48.7. The summed E-state index contributed by atoms with van der Waals surface area (Å²) in [5.74, 6) is 0. The van der Waals surface area contributed by atoms with E-state index >= 15 is 0 Å². The van der Waals surface area contributed by atoms with Gasteiger partial charge in [0, 0.05) is 46.5 Å². The Morgan fingerprint density at radius 1 is 0.250 bits per heavy atom. The Morgan fingerprint density at radius 2 is 0.492 bits per heavy atom. The Labute approximate surface area is 799 Å². The van der Waals surface area contributed by atoms with Crippen molar-refractivity contribution < 1.29 is 18.3 Å². The Kier molecular flexibility index (Phi) is 29.4. The molecule has 0 fully saturated rings. The SMILES string of the molecule is CC[Si](CC)(c1ccc2c(-c3ccc(-c4ccccc4)cc3C)[n+](C)ccc2c1)C(C)(C)C.Cc1cc(-c2ccccc2)ccc1-c1c2ccc([Si](C(C)C)(C(C)C)C(C)C)cc2cc[n+]1C.Cc1cc(-c2ccccc2)ccc1-c1c2ccc([Si](C)(C(C)(C)C)C(C)(C)C)cc2cc[n+]1C.Cc1cc(-c2ccccc2)ccc1-c1c2ccc([Si](C)(C)C(C)(C)C)cc2cc[n+]1C. The van der Waals surface area contributed by atoms with E-state index in [1.54, 1.807) is 15.6 Å². The topological polar surface area (TPSA) is 15.5 Å². The fourth-order valence-electron chi connectivity index (χ4n) is 22.6. The van der Waals surface area contributed by atoms with Gasteiger partial charge in [0.1, 0.15) is 28.2 Å². The molecule has 16 rings (SSSR count). The monoisotopic (exact) mass is 1810 g/mol. The molecule has 4 aromatic heterocycles. The van der Waals surface area contributed by atoms with Crippen LogP contribution in [0.5, 0.6) is 0 Å². The van der Waals surface area contributed by atoms with E-state index in [1.165, 1.54) is 172 Å². The molecule has 0 aliphatic heterocycles. The summed E-state index contributed by atoms with van der Waals surface area (Å²) in [6.07, 6.45) is 8.89. The molecule has 0 spiro atoms. The zero-order chi connectivity index (χ0) is 95.7. The van der Waals surface area contributed by atoms with Crippen molar-refractivity contribution in [2.45, 2.75) is 235 Å². The van der Waals surface area contributed by atoms with Crippen molar-refractivity contribution in [1.82, 2.24) is 0 Å². The van der Waals surface area contributed by atoms with Crippen LogP contribution >= 0.6 is 0 Å². The molecule has 12 aromatic carbocycles. The van der Waals surface area contributed by atoms with Gasteiger partial charge in [-0.05, 0) is 201 Å². The summed E-state index contributed by atoms with van der Waals surface area (Å²) in [5.41, 5.74) is 27.9. The summed E-state index contributed by atoms with van der Waals surface area (Å²) in [6, 6.07) is 111. The quantitative estimate of drug-likeness (QED) is 0.0638. The van der Waals surface area contributed by atoms with Crippen molar-refractivity contribution in [1.29, 1.82) is 0 Å². The highest BCUT2D eigenvalue weighted by Crippen LogP contribution is 2.52. The molecular weight excluding hydrogens is 1660 g/mol. The van der Waals surface area contributed by atoms with Gasteiger partial charge in [0.25, 0.3) is 0 Å². The molecule has 132 heavy (non-hydrogen) atoms. The third-order valence-corrected chi connectivity index (χ3v) is 58.4. The Morgan fingerprint density at radius 3 is 0.735 bits per heavy atom. The maximum Gasteiger partial charge on any atom is 0.220 e. The minimum Gasteiger partial charge on any atom is -0.200 e. The number of nitrogens with zero attached hydrogens (tertiary/aromatic N) is 4. The van der Waals surface area contributed by atoms with Crippen molar-refractivity contribution in [3.8, 4) is 89.5 Å². The van der Waals surface area contributed by atoms with Crippen molar-refractivity contribution >= 4 is 96.1 Å². The van der Waals surface area contributed by atoms with Crippen molar-refractivity contribution in [2.24, 2.45) is 28.2 Å². The third-order valence-electron chi connectivity index (χ3n) is 31.6. The average molecular weight is 1810 g/mol. The molecule has 0 unspecified atom stereocenters. The number of fused-ring (bicyclic) bond motifs is 4. The first-order valence-corrected chi connectivity index (χ1v) is 58.8. The Hall–Kier alpha value is -10.9. The highest BCUT2D eigenvalue weighted by molar-refractivity contribution is 6.96. The Balaban J connectivity index is 0.000000150. The molecule has 0 aliphatic carbocycles. The summed E-state index contributed by atoms with van der Waals surface area (Å²) in [5, 5.41) is 18.2. The first kappa shape index (κ1) is 98.6. The lowest BCUT2D eigenvalue weighted by atomic mass is 9.95. The standard InChI is InChI=1S/2C32H40NSi.C31H38NSi.C29H34NSi/c1-23-21-25(24-13-11-10-12-14-24)15-17-28(23)30-29-18-16-27(22-26(29)19-20-33(30)8)34(9,31(2,3)4)32(5,6)7;1-22(2)34(23(3)4,24(5)6)29-15-17-31-28(21-29)18-19-33(8)32(31)30-16-14-27(20-25(30)7)26-12-10-9-11-13-26;1-8-33(9-2,31(4,5)6)27-16-18-29-26(22-27)19-20-32(7)30(29)28-17-15-25(21-23(28)3)24-13-11-10-12-14-24;1-21-19-23(22-11-9-8-10-12-22)13-15-26(21)28-27-16-14-25(31(6,7)29(2,3)4)20-24(27)17-18-30(28)5/h10-22H,1-9H3;9-24H,1-8H3;10-22H,8-9H2,1-7H3;8-20H,1-7H3/q4*+1. The molecule has 0 saturated carbocycles. The van der Waals surface area contributed by atoms with Crippen LogP contribution in [0.1, 0.15) is 161 Å². The van der Waals surface area contributed by atoms with Gasteiger partial charge in [0.05, 0.1) is 53.8 Å². The van der Waals surface area contributed by atoms with Gasteiger partial charge in [0.15, 0.2) is 24.8 Å². The van der Waals surface area contributed by atoms with Gasteiger partial charge < -0.3 is 0 Å². The number of aromatic nitrogens is 4. The molecule has 16 aromatic rings. The molecule has 0 amide bonds. The van der Waals surface area contributed by atoms with Crippen LogP contribution < -0.4 is 39.0 Å². The highest BCUT2D eigenvalue weighted by Gasteiger charge is 2.51. The van der Waals surface area contributed by atoms with Crippen LogP contribution in [0.2, 0.25) is 68.5 Å². The maximum absolute atomic E-state index is 2.57. The summed E-state index contributed by atoms with van der Waals surface area (Å²) in [4.78, 5) is 0. The smallest absolute Gasteiger partial charge is 0.200 e. The largest absolute Gasteiger partial charge is 0.220 e. The van der Waals surface area contributed by atoms with E-state index in [1.807, 2.05) is 0 Å². The molecule has 0 bridgehead atoms. The van der Waals surface area contributed by atoms with E-state index < -0.39 is 32.3 Å². The van der Waals surface area contributed by atoms with Crippen LogP contribution in [-0.2, 0) is 28.2 Å². The molecule has 0 saturated heterocycles. The van der Waals surface area contributed by atoms with E-state index in [9.17, 15) is 0 Å². The molecule has 4 heterocycles. The van der Waals surface area contributed by atoms with Gasteiger partial charge in [-0.1, -0.05) is 409 Å². The molecule has 0 aliphatic rings. The van der Waals surface area contributed by atoms with Gasteiger partial charge >= 0.3 is 0 Å². The average Bonchev–Trinajstić information content (AvgIpc) is 0.738. The summed E-state index contributed by atoms with van der Waals surface area (Å²) in [7, 11) is 1.96. The normalized spacial score (nSPS) is 12.5. The molecule has 680 valence electrons. The predicted molar refractivity (Wildman–Crippen MR) is 587 cm³/mol. The van der Waals surface area contributed by atoms with Gasteiger partial charge in [-0.15, -0.1) is 0 Å². The van der Waals surface area contributed by atoms with E-state index in [2.05, 4.69) is 548 Å². The summed E-state index contributed by atoms with van der Waals surface area (Å²) in [6.45, 7) is 65.1. The lowest BCUT2D eigenvalue weighted by molar-refractivity contribution is -0.659. The second-order valence-electron chi connectivity index (χ2n) is 43.8. The molecular formula is C124H152N4Si4+4. The molecule has 0 atom stereocenters. The van der Waals surface area contributed by atoms with Crippen LogP contribution in [0, 0.1) is 27.7 Å². The lowest BCUT2D eigenvalue weighted by Gasteiger charge is -2.50. The maximum atomic E-state index is 2.57. The fourth-order valence-corrected chi connectivity index (χ4v) is 41.3. The number of pyridine rings is 4. The second-order valence-corrected chi connectivity index (χ2v) is 66.5. The highest BCUT2D eigenvalue weighted by atomic mass is 28.3. The van der Waals surface area contributed by atoms with Crippen LogP contribution in [0.15, 0.2) is 316 Å². The summed E-state index contributed by atoms with van der Waals surface area (Å²) < 4.78 is 9.10. The van der Waals surface area contributed by atoms with Crippen LogP contribution in [-0.4, -0.2) is 32.3 Å².